The summed E-state index contributed by atoms with van der Waals surface area (Å²) in [5.74, 6) is -0.234. The van der Waals surface area contributed by atoms with Gasteiger partial charge in [-0.05, 0) is 37.8 Å². The van der Waals surface area contributed by atoms with Gasteiger partial charge in [-0.2, -0.15) is 0 Å². The zero-order chi connectivity index (χ0) is 17.6. The summed E-state index contributed by atoms with van der Waals surface area (Å²) in [6.07, 6.45) is 7.28. The zero-order valence-corrected chi connectivity index (χ0v) is 14.5. The number of primary amides is 1. The molecule has 6 heteroatoms. The Morgan fingerprint density at radius 2 is 1.68 bits per heavy atom. The number of amides is 2. The molecule has 136 valence electrons. The van der Waals surface area contributed by atoms with Gasteiger partial charge in [-0.3, -0.25) is 9.59 Å². The molecule has 2 amide bonds. The Kier molecular flexibility index (Phi) is 5.91. The number of hydrogen-bond acceptors (Lipinski definition) is 4. The molecule has 0 aromatic heterocycles. The molecule has 1 saturated heterocycles. The summed E-state index contributed by atoms with van der Waals surface area (Å²) in [5.41, 5.74) is 5.59. The minimum Gasteiger partial charge on any atom is -0.483 e. The van der Waals surface area contributed by atoms with E-state index in [1.807, 2.05) is 4.90 Å². The Morgan fingerprint density at radius 3 is 2.36 bits per heavy atom. The average Bonchev–Trinajstić information content (AvgIpc) is 3.13. The molecule has 0 bridgehead atoms. The van der Waals surface area contributed by atoms with Crippen molar-refractivity contribution in [1.82, 2.24) is 4.90 Å². The summed E-state index contributed by atoms with van der Waals surface area (Å²) in [6.45, 7) is 1.13. The first-order valence-corrected chi connectivity index (χ1v) is 9.08. The van der Waals surface area contributed by atoms with Gasteiger partial charge in [-0.25, -0.2) is 0 Å². The summed E-state index contributed by atoms with van der Waals surface area (Å²) in [4.78, 5) is 25.6. The molecule has 0 spiro atoms. The molecule has 25 heavy (non-hydrogen) atoms. The number of carbonyl (C=O) groups is 2. The minimum atomic E-state index is -0.563. The molecule has 1 saturated carbocycles. The van der Waals surface area contributed by atoms with Crippen molar-refractivity contribution < 1.29 is 19.1 Å². The molecule has 3 rings (SSSR count). The Bertz CT molecular complexity index is 605. The van der Waals surface area contributed by atoms with Crippen LogP contribution in [0.25, 0.3) is 0 Å². The summed E-state index contributed by atoms with van der Waals surface area (Å²) in [5, 5.41) is 0. The number of benzene rings is 1. The first-order chi connectivity index (χ1) is 12.1. The molecule has 1 aliphatic heterocycles. The van der Waals surface area contributed by atoms with E-state index in [4.69, 9.17) is 15.2 Å². The lowest BCUT2D eigenvalue weighted by molar-refractivity contribution is -0.119. The van der Waals surface area contributed by atoms with E-state index in [1.54, 1.807) is 24.3 Å². The fourth-order valence-electron chi connectivity index (χ4n) is 3.58. The molecular weight excluding hydrogens is 320 g/mol. The molecule has 1 heterocycles. The molecule has 0 radical (unpaired) electrons. The molecule has 1 aromatic carbocycles. The zero-order valence-electron chi connectivity index (χ0n) is 14.5. The molecule has 6 nitrogen and oxygen atoms in total. The first-order valence-electron chi connectivity index (χ1n) is 9.08. The maximum Gasteiger partial charge on any atom is 0.257 e. The van der Waals surface area contributed by atoms with Crippen molar-refractivity contribution in [3.63, 3.8) is 0 Å². The van der Waals surface area contributed by atoms with Crippen molar-refractivity contribution in [3.05, 3.63) is 29.8 Å². The number of carbonyl (C=O) groups excluding carboxylic acids is 2. The van der Waals surface area contributed by atoms with E-state index in [1.165, 1.54) is 25.7 Å². The summed E-state index contributed by atoms with van der Waals surface area (Å²) < 4.78 is 11.5. The quantitative estimate of drug-likeness (QED) is 0.855. The van der Waals surface area contributed by atoms with Gasteiger partial charge < -0.3 is 20.1 Å². The highest BCUT2D eigenvalue weighted by Gasteiger charge is 2.28. The van der Waals surface area contributed by atoms with Crippen LogP contribution in [0.2, 0.25) is 0 Å². The highest BCUT2D eigenvalue weighted by molar-refractivity contribution is 5.97. The van der Waals surface area contributed by atoms with Crippen LogP contribution in [-0.2, 0) is 9.53 Å². The van der Waals surface area contributed by atoms with Crippen LogP contribution in [0, 0.1) is 0 Å². The lowest BCUT2D eigenvalue weighted by Gasteiger charge is -2.33. The van der Waals surface area contributed by atoms with Gasteiger partial charge in [0, 0.05) is 13.1 Å². The van der Waals surface area contributed by atoms with Crippen LogP contribution in [-0.4, -0.2) is 48.6 Å². The highest BCUT2D eigenvalue weighted by Crippen LogP contribution is 2.27. The fraction of sp³-hybridized carbons (Fsp3) is 0.579. The van der Waals surface area contributed by atoms with Gasteiger partial charge in [0.2, 0.25) is 0 Å². The van der Waals surface area contributed by atoms with Crippen molar-refractivity contribution in [3.8, 4) is 5.75 Å². The Morgan fingerprint density at radius 1 is 1.04 bits per heavy atom. The van der Waals surface area contributed by atoms with E-state index in [0.29, 0.717) is 30.5 Å². The summed E-state index contributed by atoms with van der Waals surface area (Å²) in [7, 11) is 0. The molecule has 1 aromatic rings. The highest BCUT2D eigenvalue weighted by atomic mass is 16.5. The van der Waals surface area contributed by atoms with Crippen molar-refractivity contribution in [2.75, 3.05) is 19.7 Å². The van der Waals surface area contributed by atoms with E-state index < -0.39 is 5.91 Å². The molecule has 0 atom stereocenters. The van der Waals surface area contributed by atoms with E-state index in [0.717, 1.165) is 12.8 Å². The first kappa shape index (κ1) is 17.7. The maximum absolute atomic E-state index is 12.8. The van der Waals surface area contributed by atoms with E-state index in [2.05, 4.69) is 0 Å². The minimum absolute atomic E-state index is 0.0700. The van der Waals surface area contributed by atoms with Crippen LogP contribution in [0.4, 0.5) is 0 Å². The van der Waals surface area contributed by atoms with E-state index >= 15 is 0 Å². The number of nitrogens with two attached hydrogens (primary N) is 1. The SMILES string of the molecule is NC(=O)COc1ccccc1C(=O)N1CCC(OC2CCCC2)CC1. The third-order valence-corrected chi connectivity index (χ3v) is 4.90. The number of piperidine rings is 1. The lowest BCUT2D eigenvalue weighted by atomic mass is 10.1. The number of rotatable bonds is 6. The predicted molar refractivity (Wildman–Crippen MR) is 93.4 cm³/mol. The van der Waals surface area contributed by atoms with E-state index in [-0.39, 0.29) is 18.6 Å². The standard InChI is InChI=1S/C19H26N2O4/c20-18(22)13-24-17-8-4-3-7-16(17)19(23)21-11-9-15(10-12-21)25-14-5-1-2-6-14/h3-4,7-8,14-15H,1-2,5-6,9-13H2,(H2,20,22). The number of likely N-dealkylation sites (tertiary alicyclic amines) is 1. The van der Waals surface area contributed by atoms with Gasteiger partial charge >= 0.3 is 0 Å². The Labute approximate surface area is 148 Å². The molecule has 2 aliphatic rings. The summed E-state index contributed by atoms with van der Waals surface area (Å²) >= 11 is 0. The topological polar surface area (TPSA) is 81.9 Å². The van der Waals surface area contributed by atoms with Crippen LogP contribution in [0.1, 0.15) is 48.9 Å². The van der Waals surface area contributed by atoms with Crippen molar-refractivity contribution in [1.29, 1.82) is 0 Å². The third-order valence-electron chi connectivity index (χ3n) is 4.90. The largest absolute Gasteiger partial charge is 0.483 e. The monoisotopic (exact) mass is 346 g/mol. The smallest absolute Gasteiger partial charge is 0.257 e. The summed E-state index contributed by atoms with van der Waals surface area (Å²) in [6, 6.07) is 6.97. The van der Waals surface area contributed by atoms with Crippen molar-refractivity contribution in [2.24, 2.45) is 5.73 Å². The van der Waals surface area contributed by atoms with Crippen LogP contribution in [0.5, 0.6) is 5.75 Å². The lowest BCUT2D eigenvalue weighted by Crippen LogP contribution is -2.41. The fourth-order valence-corrected chi connectivity index (χ4v) is 3.58. The molecule has 2 N–H and O–H groups in total. The number of hydrogen-bond donors (Lipinski definition) is 1. The van der Waals surface area contributed by atoms with Gasteiger partial charge in [0.25, 0.3) is 11.8 Å². The van der Waals surface area contributed by atoms with Crippen LogP contribution >= 0.6 is 0 Å². The van der Waals surface area contributed by atoms with Gasteiger partial charge in [0.1, 0.15) is 5.75 Å². The predicted octanol–water partition coefficient (Wildman–Crippen LogP) is 2.11. The van der Waals surface area contributed by atoms with Gasteiger partial charge in [-0.1, -0.05) is 25.0 Å². The van der Waals surface area contributed by atoms with Crippen LogP contribution < -0.4 is 10.5 Å². The van der Waals surface area contributed by atoms with Crippen molar-refractivity contribution in [2.45, 2.75) is 50.7 Å². The number of ether oxygens (including phenoxy) is 2. The molecule has 2 fully saturated rings. The second-order valence-corrected chi connectivity index (χ2v) is 6.79. The Balaban J connectivity index is 1.56. The number of para-hydroxylation sites is 1. The van der Waals surface area contributed by atoms with Gasteiger partial charge in [-0.15, -0.1) is 0 Å². The van der Waals surface area contributed by atoms with E-state index in [9.17, 15) is 9.59 Å². The van der Waals surface area contributed by atoms with Gasteiger partial charge in [0.15, 0.2) is 6.61 Å². The normalized spacial score (nSPS) is 19.1. The molecular formula is C19H26N2O4. The maximum atomic E-state index is 12.8. The Hall–Kier alpha value is -2.08. The molecule has 1 aliphatic carbocycles. The van der Waals surface area contributed by atoms with Crippen LogP contribution in [0.3, 0.4) is 0 Å². The second-order valence-electron chi connectivity index (χ2n) is 6.79. The van der Waals surface area contributed by atoms with Gasteiger partial charge in [0.05, 0.1) is 17.8 Å². The third kappa shape index (κ3) is 4.72. The molecule has 0 unspecified atom stereocenters. The van der Waals surface area contributed by atoms with Crippen LogP contribution in [0.15, 0.2) is 24.3 Å². The van der Waals surface area contributed by atoms with Crippen molar-refractivity contribution >= 4 is 11.8 Å². The second kappa shape index (κ2) is 8.34. The average molecular weight is 346 g/mol. The number of nitrogens with zero attached hydrogens (tertiary/aromatic N) is 1.